The van der Waals surface area contributed by atoms with Gasteiger partial charge in [0.1, 0.15) is 11.6 Å². The van der Waals surface area contributed by atoms with Crippen LogP contribution in [0.1, 0.15) is 0 Å². The van der Waals surface area contributed by atoms with Crippen molar-refractivity contribution in [3.8, 4) is 0 Å². The molecular weight excluding hydrogens is 258 g/mol. The van der Waals surface area contributed by atoms with Crippen LogP contribution < -0.4 is 10.4 Å². The smallest absolute Gasteiger partial charge is 0.164 e. The van der Waals surface area contributed by atoms with Crippen molar-refractivity contribution in [1.29, 1.82) is 0 Å². The summed E-state index contributed by atoms with van der Waals surface area (Å²) in [4.78, 5) is 0. The van der Waals surface area contributed by atoms with Crippen LogP contribution in [0.3, 0.4) is 0 Å². The lowest BCUT2D eigenvalue weighted by atomic mass is 10.3. The maximum absolute atomic E-state index is 13.4. The Morgan fingerprint density at radius 2 is 1.21 bits per heavy atom. The summed E-state index contributed by atoms with van der Waals surface area (Å²) in [5.41, 5.74) is 3.56. The zero-order chi connectivity index (χ0) is 13.9. The molecule has 0 heterocycles. The summed E-state index contributed by atoms with van der Waals surface area (Å²) in [7, 11) is -2.51. The first-order valence-electron chi connectivity index (χ1n) is 5.91. The standard InChI is InChI=1S/C16H14F2Si/c1-3-19(4-2,15-9-5-7-13(17)11-15)16-10-6-8-14(18)12-16/h3-12H,1-2H2. The van der Waals surface area contributed by atoms with Gasteiger partial charge in [-0.15, -0.1) is 13.2 Å². The third-order valence-electron chi connectivity index (χ3n) is 3.25. The minimum atomic E-state index is -2.51. The van der Waals surface area contributed by atoms with E-state index < -0.39 is 8.07 Å². The first-order valence-corrected chi connectivity index (χ1v) is 8.07. The molecule has 0 radical (unpaired) electrons. The molecule has 0 aromatic heterocycles. The maximum Gasteiger partial charge on any atom is 0.164 e. The van der Waals surface area contributed by atoms with Gasteiger partial charge in [0, 0.05) is 0 Å². The van der Waals surface area contributed by atoms with Crippen LogP contribution in [0.4, 0.5) is 8.78 Å². The van der Waals surface area contributed by atoms with Crippen molar-refractivity contribution in [2.45, 2.75) is 0 Å². The Balaban J connectivity index is 2.67. The molecule has 3 heteroatoms. The monoisotopic (exact) mass is 272 g/mol. The third-order valence-corrected chi connectivity index (χ3v) is 7.07. The van der Waals surface area contributed by atoms with E-state index in [-0.39, 0.29) is 11.6 Å². The van der Waals surface area contributed by atoms with Crippen molar-refractivity contribution in [2.75, 3.05) is 0 Å². The Kier molecular flexibility index (Phi) is 3.76. The van der Waals surface area contributed by atoms with Crippen LogP contribution in [0.25, 0.3) is 0 Å². The summed E-state index contributed by atoms with van der Waals surface area (Å²) in [6.45, 7) is 7.72. The largest absolute Gasteiger partial charge is 0.207 e. The van der Waals surface area contributed by atoms with E-state index in [0.29, 0.717) is 0 Å². The van der Waals surface area contributed by atoms with Crippen LogP contribution >= 0.6 is 0 Å². The molecule has 0 atom stereocenters. The normalized spacial score (nSPS) is 11.1. The first-order chi connectivity index (χ1) is 9.12. The molecule has 96 valence electrons. The van der Waals surface area contributed by atoms with Crippen LogP contribution in [-0.2, 0) is 0 Å². The van der Waals surface area contributed by atoms with Crippen LogP contribution in [-0.4, -0.2) is 8.07 Å². The molecule has 0 saturated carbocycles. The van der Waals surface area contributed by atoms with Crippen molar-refractivity contribution in [3.05, 3.63) is 84.7 Å². The summed E-state index contributed by atoms with van der Waals surface area (Å²) in [6, 6.07) is 12.7. The average Bonchev–Trinajstić information content (AvgIpc) is 2.41. The molecule has 19 heavy (non-hydrogen) atoms. The topological polar surface area (TPSA) is 0 Å². The predicted octanol–water partition coefficient (Wildman–Crippen LogP) is 2.98. The summed E-state index contributed by atoms with van der Waals surface area (Å²) >= 11 is 0. The van der Waals surface area contributed by atoms with Crippen molar-refractivity contribution in [2.24, 2.45) is 0 Å². The molecular formula is C16H14F2Si. The quantitative estimate of drug-likeness (QED) is 0.751. The average molecular weight is 272 g/mol. The second-order valence-corrected chi connectivity index (χ2v) is 8.01. The second-order valence-electron chi connectivity index (χ2n) is 4.30. The Hall–Kier alpha value is -2.00. The van der Waals surface area contributed by atoms with Gasteiger partial charge in [-0.1, -0.05) is 35.7 Å². The highest BCUT2D eigenvalue weighted by atomic mass is 28.3. The zero-order valence-corrected chi connectivity index (χ0v) is 11.4. The van der Waals surface area contributed by atoms with E-state index in [1.54, 1.807) is 23.5 Å². The van der Waals surface area contributed by atoms with Gasteiger partial charge < -0.3 is 0 Å². The van der Waals surface area contributed by atoms with Gasteiger partial charge in [-0.25, -0.2) is 8.78 Å². The molecule has 0 bridgehead atoms. The summed E-state index contributed by atoms with van der Waals surface area (Å²) in [5, 5.41) is 1.62. The Morgan fingerprint density at radius 3 is 1.53 bits per heavy atom. The maximum atomic E-state index is 13.4. The predicted molar refractivity (Wildman–Crippen MR) is 78.2 cm³/mol. The molecule has 2 aromatic carbocycles. The van der Waals surface area contributed by atoms with Gasteiger partial charge in [-0.2, -0.15) is 0 Å². The van der Waals surface area contributed by atoms with E-state index in [1.807, 2.05) is 12.1 Å². The molecule has 0 aliphatic heterocycles. The lowest BCUT2D eigenvalue weighted by molar-refractivity contribution is 0.629. The van der Waals surface area contributed by atoms with E-state index in [4.69, 9.17) is 0 Å². The highest BCUT2D eigenvalue weighted by Gasteiger charge is 2.31. The molecule has 0 fully saturated rings. The van der Waals surface area contributed by atoms with Gasteiger partial charge in [-0.3, -0.25) is 0 Å². The number of hydrogen-bond donors (Lipinski definition) is 0. The minimum Gasteiger partial charge on any atom is -0.207 e. The zero-order valence-electron chi connectivity index (χ0n) is 10.4. The van der Waals surface area contributed by atoms with E-state index in [9.17, 15) is 8.78 Å². The molecule has 0 N–H and O–H groups in total. The van der Waals surface area contributed by atoms with Gasteiger partial charge in [0.15, 0.2) is 8.07 Å². The Bertz CT molecular complexity index is 564. The first kappa shape index (κ1) is 13.4. The van der Waals surface area contributed by atoms with Crippen LogP contribution in [0.5, 0.6) is 0 Å². The van der Waals surface area contributed by atoms with E-state index in [1.165, 1.54) is 24.3 Å². The van der Waals surface area contributed by atoms with Crippen molar-refractivity contribution < 1.29 is 8.78 Å². The summed E-state index contributed by atoms with van der Waals surface area (Å²) in [5.74, 6) is -0.621. The fourth-order valence-corrected chi connectivity index (χ4v) is 5.15. The Labute approximate surface area is 112 Å². The van der Waals surface area contributed by atoms with Crippen LogP contribution in [0.15, 0.2) is 73.1 Å². The lowest BCUT2D eigenvalue weighted by Crippen LogP contribution is -2.55. The van der Waals surface area contributed by atoms with Gasteiger partial charge in [0.2, 0.25) is 0 Å². The fourth-order valence-electron chi connectivity index (χ4n) is 2.21. The molecule has 2 aromatic rings. The van der Waals surface area contributed by atoms with Crippen molar-refractivity contribution >= 4 is 18.4 Å². The van der Waals surface area contributed by atoms with Gasteiger partial charge in [0.05, 0.1) is 0 Å². The molecule has 0 nitrogen and oxygen atoms in total. The number of benzene rings is 2. The van der Waals surface area contributed by atoms with Crippen LogP contribution in [0.2, 0.25) is 0 Å². The molecule has 0 spiro atoms. The molecule has 0 amide bonds. The number of rotatable bonds is 4. The second kappa shape index (κ2) is 5.32. The highest BCUT2D eigenvalue weighted by molar-refractivity contribution is 7.09. The van der Waals surface area contributed by atoms with E-state index in [0.717, 1.165) is 10.4 Å². The van der Waals surface area contributed by atoms with Crippen LogP contribution in [0, 0.1) is 11.6 Å². The van der Waals surface area contributed by atoms with Gasteiger partial charge >= 0.3 is 0 Å². The minimum absolute atomic E-state index is 0.311. The molecule has 0 aliphatic carbocycles. The van der Waals surface area contributed by atoms with Gasteiger partial charge in [0.25, 0.3) is 0 Å². The lowest BCUT2D eigenvalue weighted by Gasteiger charge is -2.25. The number of hydrogen-bond acceptors (Lipinski definition) is 0. The summed E-state index contributed by atoms with van der Waals surface area (Å²) in [6.07, 6.45) is 0. The van der Waals surface area contributed by atoms with E-state index >= 15 is 0 Å². The number of halogens is 2. The molecule has 0 unspecified atom stereocenters. The van der Waals surface area contributed by atoms with Crippen molar-refractivity contribution in [1.82, 2.24) is 0 Å². The van der Waals surface area contributed by atoms with Gasteiger partial charge in [-0.05, 0) is 34.6 Å². The van der Waals surface area contributed by atoms with E-state index in [2.05, 4.69) is 13.2 Å². The third kappa shape index (κ3) is 2.42. The molecule has 0 aliphatic rings. The Morgan fingerprint density at radius 1 is 0.789 bits per heavy atom. The molecule has 0 saturated heterocycles. The fraction of sp³-hybridized carbons (Fsp3) is 0. The van der Waals surface area contributed by atoms with Crippen molar-refractivity contribution in [3.63, 3.8) is 0 Å². The summed E-state index contributed by atoms with van der Waals surface area (Å²) < 4.78 is 26.9. The highest BCUT2D eigenvalue weighted by Crippen LogP contribution is 2.10. The SMILES string of the molecule is C=C[Si](C=C)(c1cccc(F)c1)c1cccc(F)c1. The molecule has 2 rings (SSSR count).